The van der Waals surface area contributed by atoms with Gasteiger partial charge in [0.25, 0.3) is 5.91 Å². The average Bonchev–Trinajstić information content (AvgIpc) is 3.26. The lowest BCUT2D eigenvalue weighted by atomic mass is 10.2. The minimum absolute atomic E-state index is 0.0185. The van der Waals surface area contributed by atoms with E-state index in [1.165, 1.54) is 5.56 Å². The van der Waals surface area contributed by atoms with Gasteiger partial charge in [-0.25, -0.2) is 9.97 Å². The van der Waals surface area contributed by atoms with Gasteiger partial charge in [0, 0.05) is 51.6 Å². The van der Waals surface area contributed by atoms with Gasteiger partial charge >= 0.3 is 0 Å². The smallest absolute Gasteiger partial charge is 0.272 e. The van der Waals surface area contributed by atoms with E-state index < -0.39 is 0 Å². The largest absolute Gasteiger partial charge is 0.376 e. The molecule has 1 amide bonds. The van der Waals surface area contributed by atoms with Gasteiger partial charge < -0.3 is 15.0 Å². The SMILES string of the molecule is Cc1cc(C(=O)N2CCN(Cc3ccccc3)CC2)nc(NCC2CCCO2)n1. The Morgan fingerprint density at radius 2 is 1.97 bits per heavy atom. The molecular weight excluding hydrogens is 366 g/mol. The Bertz CT molecular complexity index is 815. The molecule has 4 rings (SSSR count). The minimum Gasteiger partial charge on any atom is -0.376 e. The lowest BCUT2D eigenvalue weighted by molar-refractivity contribution is 0.0622. The van der Waals surface area contributed by atoms with Gasteiger partial charge in [-0.1, -0.05) is 30.3 Å². The number of nitrogens with one attached hydrogen (secondary N) is 1. The second kappa shape index (κ2) is 9.33. The first-order valence-electron chi connectivity index (χ1n) is 10.4. The fourth-order valence-electron chi connectivity index (χ4n) is 3.88. The van der Waals surface area contributed by atoms with Crippen LogP contribution in [0.15, 0.2) is 36.4 Å². The topological polar surface area (TPSA) is 70.6 Å². The first kappa shape index (κ1) is 19.8. The Hall–Kier alpha value is -2.51. The highest BCUT2D eigenvalue weighted by Gasteiger charge is 2.24. The van der Waals surface area contributed by atoms with Gasteiger partial charge in [-0.05, 0) is 31.4 Å². The molecule has 0 aliphatic carbocycles. The van der Waals surface area contributed by atoms with Crippen molar-refractivity contribution in [3.05, 3.63) is 53.3 Å². The molecular formula is C22H29N5O2. The van der Waals surface area contributed by atoms with Gasteiger partial charge in [-0.2, -0.15) is 0 Å². The molecule has 1 atom stereocenters. The fourth-order valence-corrected chi connectivity index (χ4v) is 3.88. The molecule has 0 radical (unpaired) electrons. The van der Waals surface area contributed by atoms with Gasteiger partial charge in [0.1, 0.15) is 5.69 Å². The van der Waals surface area contributed by atoms with Crippen LogP contribution in [0.3, 0.4) is 0 Å². The van der Waals surface area contributed by atoms with Crippen molar-refractivity contribution in [3.8, 4) is 0 Å². The molecule has 2 aromatic rings. The van der Waals surface area contributed by atoms with E-state index in [4.69, 9.17) is 4.74 Å². The van der Waals surface area contributed by atoms with E-state index in [2.05, 4.69) is 44.5 Å². The number of ether oxygens (including phenoxy) is 1. The van der Waals surface area contributed by atoms with Gasteiger partial charge in [0.05, 0.1) is 6.10 Å². The standard InChI is InChI=1S/C22H29N5O2/c1-17-14-20(25-22(24-17)23-15-19-8-5-13-29-19)21(28)27-11-9-26(10-12-27)16-18-6-3-2-4-7-18/h2-4,6-7,14,19H,5,8-13,15-16H2,1H3,(H,23,24,25). The highest BCUT2D eigenvalue weighted by molar-refractivity contribution is 5.92. The molecule has 7 nitrogen and oxygen atoms in total. The molecule has 154 valence electrons. The molecule has 2 fully saturated rings. The van der Waals surface area contributed by atoms with Crippen molar-refractivity contribution in [3.63, 3.8) is 0 Å². The molecule has 1 aromatic carbocycles. The normalized spacial score (nSPS) is 20.0. The van der Waals surface area contributed by atoms with Gasteiger partial charge in [-0.15, -0.1) is 0 Å². The summed E-state index contributed by atoms with van der Waals surface area (Å²) in [5.41, 5.74) is 2.56. The fraction of sp³-hybridized carbons (Fsp3) is 0.500. The summed E-state index contributed by atoms with van der Waals surface area (Å²) in [6, 6.07) is 12.2. The summed E-state index contributed by atoms with van der Waals surface area (Å²) in [6.07, 6.45) is 2.36. The maximum atomic E-state index is 13.0. The quantitative estimate of drug-likeness (QED) is 0.810. The predicted molar refractivity (Wildman–Crippen MR) is 112 cm³/mol. The molecule has 2 aliphatic heterocycles. The van der Waals surface area contributed by atoms with Crippen molar-refractivity contribution >= 4 is 11.9 Å². The summed E-state index contributed by atoms with van der Waals surface area (Å²) >= 11 is 0. The number of piperazine rings is 1. The Kier molecular flexibility index (Phi) is 6.36. The summed E-state index contributed by atoms with van der Waals surface area (Å²) in [7, 11) is 0. The van der Waals surface area contributed by atoms with Crippen LogP contribution >= 0.6 is 0 Å². The number of anilines is 1. The Balaban J connectivity index is 1.33. The van der Waals surface area contributed by atoms with E-state index in [0.717, 1.165) is 44.8 Å². The van der Waals surface area contributed by atoms with E-state index in [1.807, 2.05) is 17.9 Å². The van der Waals surface area contributed by atoms with Crippen molar-refractivity contribution in [2.45, 2.75) is 32.4 Å². The van der Waals surface area contributed by atoms with E-state index in [0.29, 0.717) is 31.3 Å². The predicted octanol–water partition coefficient (Wildman–Crippen LogP) is 2.33. The summed E-state index contributed by atoms with van der Waals surface area (Å²) in [4.78, 5) is 26.2. The van der Waals surface area contributed by atoms with Crippen LogP contribution in [0.2, 0.25) is 0 Å². The van der Waals surface area contributed by atoms with Gasteiger partial charge in [-0.3, -0.25) is 9.69 Å². The molecule has 3 heterocycles. The number of amides is 1. The summed E-state index contributed by atoms with van der Waals surface area (Å²) in [6.45, 7) is 7.49. The van der Waals surface area contributed by atoms with Gasteiger partial charge in [0.15, 0.2) is 0 Å². The molecule has 0 bridgehead atoms. The highest BCUT2D eigenvalue weighted by Crippen LogP contribution is 2.15. The number of hydrogen-bond donors (Lipinski definition) is 1. The molecule has 0 spiro atoms. The van der Waals surface area contributed by atoms with Crippen molar-refractivity contribution in [1.29, 1.82) is 0 Å². The third-order valence-corrected chi connectivity index (χ3v) is 5.49. The maximum Gasteiger partial charge on any atom is 0.272 e. The summed E-state index contributed by atoms with van der Waals surface area (Å²) < 4.78 is 5.63. The minimum atomic E-state index is -0.0185. The number of hydrogen-bond acceptors (Lipinski definition) is 6. The van der Waals surface area contributed by atoms with E-state index in [1.54, 1.807) is 6.07 Å². The lowest BCUT2D eigenvalue weighted by Crippen LogP contribution is -2.48. The third-order valence-electron chi connectivity index (χ3n) is 5.49. The first-order chi connectivity index (χ1) is 14.2. The number of aromatic nitrogens is 2. The summed E-state index contributed by atoms with van der Waals surface area (Å²) in [5, 5.41) is 3.23. The van der Waals surface area contributed by atoms with Gasteiger partial charge in [0.2, 0.25) is 5.95 Å². The first-order valence-corrected chi connectivity index (χ1v) is 10.4. The Labute approximate surface area is 172 Å². The number of carbonyl (C=O) groups excluding carboxylic acids is 1. The second-order valence-corrected chi connectivity index (χ2v) is 7.79. The number of nitrogens with zero attached hydrogens (tertiary/aromatic N) is 4. The van der Waals surface area contributed by atoms with Crippen LogP contribution in [0.1, 0.15) is 34.6 Å². The van der Waals surface area contributed by atoms with Crippen LogP contribution < -0.4 is 5.32 Å². The Morgan fingerprint density at radius 3 is 2.69 bits per heavy atom. The molecule has 7 heteroatoms. The van der Waals surface area contributed by atoms with E-state index in [-0.39, 0.29) is 12.0 Å². The Morgan fingerprint density at radius 1 is 1.17 bits per heavy atom. The van der Waals surface area contributed by atoms with E-state index >= 15 is 0 Å². The molecule has 1 N–H and O–H groups in total. The van der Waals surface area contributed by atoms with Crippen molar-refractivity contribution in [2.75, 3.05) is 44.6 Å². The highest BCUT2D eigenvalue weighted by atomic mass is 16.5. The van der Waals surface area contributed by atoms with Crippen LogP contribution in [0.25, 0.3) is 0 Å². The van der Waals surface area contributed by atoms with Crippen LogP contribution in [0.5, 0.6) is 0 Å². The zero-order valence-corrected chi connectivity index (χ0v) is 17.0. The monoisotopic (exact) mass is 395 g/mol. The number of carbonyl (C=O) groups is 1. The maximum absolute atomic E-state index is 13.0. The van der Waals surface area contributed by atoms with Crippen LogP contribution in [-0.4, -0.2) is 71.1 Å². The molecule has 29 heavy (non-hydrogen) atoms. The van der Waals surface area contributed by atoms with Crippen molar-refractivity contribution in [1.82, 2.24) is 19.8 Å². The van der Waals surface area contributed by atoms with Crippen molar-refractivity contribution < 1.29 is 9.53 Å². The average molecular weight is 396 g/mol. The molecule has 1 unspecified atom stereocenters. The number of rotatable bonds is 6. The third kappa shape index (κ3) is 5.31. The summed E-state index contributed by atoms with van der Waals surface area (Å²) in [5.74, 6) is 0.488. The molecule has 0 saturated carbocycles. The number of aryl methyl sites for hydroxylation is 1. The van der Waals surface area contributed by atoms with Crippen LogP contribution in [0.4, 0.5) is 5.95 Å². The second-order valence-electron chi connectivity index (χ2n) is 7.79. The molecule has 2 saturated heterocycles. The lowest BCUT2D eigenvalue weighted by Gasteiger charge is -2.34. The zero-order valence-electron chi connectivity index (χ0n) is 17.0. The van der Waals surface area contributed by atoms with Crippen LogP contribution in [-0.2, 0) is 11.3 Å². The van der Waals surface area contributed by atoms with Crippen LogP contribution in [0, 0.1) is 6.92 Å². The molecule has 2 aliphatic rings. The van der Waals surface area contributed by atoms with Crippen molar-refractivity contribution in [2.24, 2.45) is 0 Å². The molecule has 1 aromatic heterocycles. The zero-order chi connectivity index (χ0) is 20.1. The number of benzene rings is 1. The van der Waals surface area contributed by atoms with E-state index in [9.17, 15) is 4.79 Å².